The van der Waals surface area contributed by atoms with E-state index in [9.17, 15) is 9.59 Å². The van der Waals surface area contributed by atoms with Gasteiger partial charge < -0.3 is 14.4 Å². The molecule has 5 nitrogen and oxygen atoms in total. The summed E-state index contributed by atoms with van der Waals surface area (Å²) in [4.78, 5) is 29.6. The molecule has 1 unspecified atom stereocenters. The van der Waals surface area contributed by atoms with Gasteiger partial charge in [0.05, 0.1) is 23.6 Å². The first-order chi connectivity index (χ1) is 13.7. The van der Waals surface area contributed by atoms with Gasteiger partial charge in [-0.3, -0.25) is 9.59 Å². The third kappa shape index (κ3) is 2.58. The van der Waals surface area contributed by atoms with Crippen LogP contribution in [0, 0.1) is 0 Å². The van der Waals surface area contributed by atoms with Crippen LogP contribution in [-0.2, 0) is 22.6 Å². The lowest BCUT2D eigenvalue weighted by atomic mass is 9.94. The van der Waals surface area contributed by atoms with Crippen molar-refractivity contribution in [3.63, 3.8) is 0 Å². The minimum atomic E-state index is -0.367. The summed E-state index contributed by atoms with van der Waals surface area (Å²) in [6.45, 7) is 3.49. The lowest BCUT2D eigenvalue weighted by Crippen LogP contribution is -2.61. The molecule has 28 heavy (non-hydrogen) atoms. The first-order valence-electron chi connectivity index (χ1n) is 9.92. The normalized spacial score (nSPS) is 19.2. The average Bonchev–Trinajstić information content (AvgIpc) is 3.34. The molecule has 0 aliphatic carbocycles. The molecule has 1 fully saturated rings. The summed E-state index contributed by atoms with van der Waals surface area (Å²) in [5.74, 6) is 0.168. The zero-order valence-electron chi connectivity index (χ0n) is 15.9. The number of carbonyl (C=O) groups excluding carboxylic acids is 2. The number of fused-ring (bicyclic) bond motifs is 4. The van der Waals surface area contributed by atoms with Crippen molar-refractivity contribution in [2.45, 2.75) is 38.8 Å². The van der Waals surface area contributed by atoms with E-state index in [0.29, 0.717) is 19.5 Å². The van der Waals surface area contributed by atoms with Crippen LogP contribution in [0.5, 0.6) is 0 Å². The Kier molecular flexibility index (Phi) is 4.23. The van der Waals surface area contributed by atoms with Crippen LogP contribution in [0.15, 0.2) is 41.8 Å². The zero-order valence-corrected chi connectivity index (χ0v) is 16.7. The quantitative estimate of drug-likeness (QED) is 0.680. The number of amides is 2. The molecule has 144 valence electrons. The first-order valence-corrected chi connectivity index (χ1v) is 10.8. The monoisotopic (exact) mass is 393 g/mol. The number of hydrogen-bond donors (Lipinski definition) is 0. The molecule has 2 aliphatic heterocycles. The summed E-state index contributed by atoms with van der Waals surface area (Å²) in [5, 5.41) is 4.41. The van der Waals surface area contributed by atoms with E-state index in [-0.39, 0.29) is 24.4 Å². The summed E-state index contributed by atoms with van der Waals surface area (Å²) in [7, 11) is 0. The van der Waals surface area contributed by atoms with E-state index >= 15 is 0 Å². The number of thiophene rings is 1. The van der Waals surface area contributed by atoms with Gasteiger partial charge in [-0.2, -0.15) is 0 Å². The number of carbonyl (C=O) groups is 2. The van der Waals surface area contributed by atoms with Crippen LogP contribution >= 0.6 is 11.3 Å². The molecule has 2 aliphatic rings. The predicted octanol–water partition coefficient (Wildman–Crippen LogP) is 3.59. The number of benzene rings is 1. The molecule has 5 rings (SSSR count). The summed E-state index contributed by atoms with van der Waals surface area (Å²) in [5.41, 5.74) is 3.50. The molecule has 0 N–H and O–H groups in total. The van der Waals surface area contributed by atoms with E-state index in [1.165, 1.54) is 10.9 Å². The van der Waals surface area contributed by atoms with Gasteiger partial charge in [0.15, 0.2) is 0 Å². The van der Waals surface area contributed by atoms with Crippen molar-refractivity contribution >= 4 is 34.1 Å². The van der Waals surface area contributed by atoms with Crippen LogP contribution < -0.4 is 0 Å². The molecule has 4 heterocycles. The van der Waals surface area contributed by atoms with E-state index in [1.54, 1.807) is 21.1 Å². The van der Waals surface area contributed by atoms with Crippen molar-refractivity contribution in [1.29, 1.82) is 0 Å². The highest BCUT2D eigenvalue weighted by Crippen LogP contribution is 2.37. The van der Waals surface area contributed by atoms with Crippen molar-refractivity contribution < 1.29 is 9.59 Å². The fourth-order valence-corrected chi connectivity index (χ4v) is 5.31. The minimum absolute atomic E-state index is 0.0642. The standard InChI is InChI=1S/C22H23N3O2S/c1-2-3-10-23-14-20(26)24-13-19-16(12-18(24)22(23)27)15-7-4-5-8-17(15)25(19)21-9-6-11-28-21/h4-9,11,18H,2-3,10,12-14H2,1H3. The van der Waals surface area contributed by atoms with Crippen LogP contribution in [0.4, 0.5) is 0 Å². The predicted molar refractivity (Wildman–Crippen MR) is 111 cm³/mol. The maximum atomic E-state index is 13.1. The molecule has 1 aromatic carbocycles. The Bertz CT molecular complexity index is 1050. The highest BCUT2D eigenvalue weighted by molar-refractivity contribution is 7.12. The maximum Gasteiger partial charge on any atom is 0.246 e. The second kappa shape index (κ2) is 6.78. The third-order valence-electron chi connectivity index (χ3n) is 5.93. The largest absolute Gasteiger partial charge is 0.332 e. The van der Waals surface area contributed by atoms with Gasteiger partial charge in [0.2, 0.25) is 11.8 Å². The second-order valence-electron chi connectivity index (χ2n) is 7.58. The van der Waals surface area contributed by atoms with Gasteiger partial charge in [0.1, 0.15) is 6.04 Å². The van der Waals surface area contributed by atoms with Crippen molar-refractivity contribution in [2.24, 2.45) is 0 Å². The van der Waals surface area contributed by atoms with E-state index in [4.69, 9.17) is 0 Å². The van der Waals surface area contributed by atoms with E-state index in [2.05, 4.69) is 41.1 Å². The van der Waals surface area contributed by atoms with Crippen molar-refractivity contribution in [3.8, 4) is 5.00 Å². The van der Waals surface area contributed by atoms with Gasteiger partial charge in [0.25, 0.3) is 0 Å². The van der Waals surface area contributed by atoms with Crippen LogP contribution in [-0.4, -0.2) is 45.3 Å². The molecule has 6 heteroatoms. The number of piperazine rings is 1. The molecule has 1 saturated heterocycles. The molecule has 1 atom stereocenters. The van der Waals surface area contributed by atoms with E-state index in [1.807, 2.05) is 12.1 Å². The third-order valence-corrected chi connectivity index (χ3v) is 6.79. The van der Waals surface area contributed by atoms with Crippen LogP contribution in [0.1, 0.15) is 31.0 Å². The van der Waals surface area contributed by atoms with Crippen LogP contribution in [0.3, 0.4) is 0 Å². The molecule has 2 amide bonds. The Balaban J connectivity index is 1.61. The molecule has 2 aromatic heterocycles. The van der Waals surface area contributed by atoms with Gasteiger partial charge in [-0.25, -0.2) is 0 Å². The number of hydrogen-bond acceptors (Lipinski definition) is 3. The van der Waals surface area contributed by atoms with Gasteiger partial charge >= 0.3 is 0 Å². The smallest absolute Gasteiger partial charge is 0.246 e. The molecular formula is C22H23N3O2S. The average molecular weight is 394 g/mol. The molecule has 0 radical (unpaired) electrons. The lowest BCUT2D eigenvalue weighted by molar-refractivity contribution is -0.157. The number of aromatic nitrogens is 1. The first kappa shape index (κ1) is 17.5. The minimum Gasteiger partial charge on any atom is -0.332 e. The molecule has 0 bridgehead atoms. The Morgan fingerprint density at radius 1 is 1.11 bits per heavy atom. The lowest BCUT2D eigenvalue weighted by Gasteiger charge is -2.43. The molecular weight excluding hydrogens is 370 g/mol. The van der Waals surface area contributed by atoms with Crippen LogP contribution in [0.2, 0.25) is 0 Å². The number of nitrogens with zero attached hydrogens (tertiary/aromatic N) is 3. The zero-order chi connectivity index (χ0) is 19.3. The molecule has 0 spiro atoms. The summed E-state index contributed by atoms with van der Waals surface area (Å²) in [6, 6.07) is 12.2. The topological polar surface area (TPSA) is 45.6 Å². The van der Waals surface area contributed by atoms with Crippen molar-refractivity contribution in [3.05, 3.63) is 53.0 Å². The fourth-order valence-electron chi connectivity index (χ4n) is 4.54. The van der Waals surface area contributed by atoms with E-state index in [0.717, 1.165) is 29.1 Å². The van der Waals surface area contributed by atoms with Gasteiger partial charge in [-0.15, -0.1) is 11.3 Å². The second-order valence-corrected chi connectivity index (χ2v) is 8.51. The Hall–Kier alpha value is -2.60. The number of rotatable bonds is 4. The summed E-state index contributed by atoms with van der Waals surface area (Å²) < 4.78 is 2.27. The van der Waals surface area contributed by atoms with Crippen molar-refractivity contribution in [2.75, 3.05) is 13.1 Å². The van der Waals surface area contributed by atoms with Crippen molar-refractivity contribution in [1.82, 2.24) is 14.4 Å². The van der Waals surface area contributed by atoms with Gasteiger partial charge in [-0.05, 0) is 35.6 Å². The van der Waals surface area contributed by atoms with E-state index < -0.39 is 0 Å². The Morgan fingerprint density at radius 2 is 1.96 bits per heavy atom. The van der Waals surface area contributed by atoms with Gasteiger partial charge in [0, 0.05) is 24.0 Å². The number of unbranched alkanes of at least 4 members (excludes halogenated alkanes) is 1. The maximum absolute atomic E-state index is 13.1. The van der Waals surface area contributed by atoms with Crippen LogP contribution in [0.25, 0.3) is 15.9 Å². The Morgan fingerprint density at radius 3 is 2.75 bits per heavy atom. The molecule has 0 saturated carbocycles. The Labute approximate surface area is 168 Å². The fraction of sp³-hybridized carbons (Fsp3) is 0.364. The SMILES string of the molecule is CCCCN1CC(=O)N2Cc3c(c4ccccc4n3-c3cccs3)CC2C1=O. The highest BCUT2D eigenvalue weighted by atomic mass is 32.1. The summed E-state index contributed by atoms with van der Waals surface area (Å²) in [6.07, 6.45) is 2.56. The molecule has 3 aromatic rings. The number of para-hydroxylation sites is 1. The van der Waals surface area contributed by atoms with Gasteiger partial charge in [-0.1, -0.05) is 31.5 Å². The summed E-state index contributed by atoms with van der Waals surface area (Å²) >= 11 is 1.69. The highest BCUT2D eigenvalue weighted by Gasteiger charge is 2.43.